The molecule has 0 fully saturated rings. The van der Waals surface area contributed by atoms with Crippen LogP contribution >= 0.6 is 0 Å². The van der Waals surface area contributed by atoms with E-state index in [2.05, 4.69) is 15.4 Å². The van der Waals surface area contributed by atoms with E-state index in [0.717, 1.165) is 5.56 Å². The van der Waals surface area contributed by atoms with E-state index in [4.69, 9.17) is 5.14 Å². The molecule has 0 aliphatic heterocycles. The van der Waals surface area contributed by atoms with Gasteiger partial charge in [0.15, 0.2) is 0 Å². The standard InChI is InChI=1S/C10H10N4O2S/c11-17(15,16)10-5-2-8(3-6-10)1-4-9-7-12-14-13-9/h1-7H,(H2,11,15,16)(H,12,13,14)/b4-1+. The highest BCUT2D eigenvalue weighted by atomic mass is 32.2. The molecule has 2 rings (SSSR count). The topological polar surface area (TPSA) is 102 Å². The van der Waals surface area contributed by atoms with E-state index in [0.29, 0.717) is 5.69 Å². The quantitative estimate of drug-likeness (QED) is 0.833. The van der Waals surface area contributed by atoms with Crippen LogP contribution in [-0.2, 0) is 10.0 Å². The third-order valence-electron chi connectivity index (χ3n) is 2.09. The van der Waals surface area contributed by atoms with Crippen LogP contribution in [0.5, 0.6) is 0 Å². The Bertz CT molecular complexity index is 615. The number of primary sulfonamides is 1. The smallest absolute Gasteiger partial charge is 0.225 e. The normalized spacial score (nSPS) is 12.1. The molecule has 1 aromatic carbocycles. The summed E-state index contributed by atoms with van der Waals surface area (Å²) >= 11 is 0. The van der Waals surface area contributed by atoms with Gasteiger partial charge >= 0.3 is 0 Å². The van der Waals surface area contributed by atoms with E-state index in [9.17, 15) is 8.42 Å². The molecule has 6 nitrogen and oxygen atoms in total. The van der Waals surface area contributed by atoms with Crippen LogP contribution in [0.3, 0.4) is 0 Å². The second-order valence-corrected chi connectivity index (χ2v) is 4.90. The number of hydrogen-bond donors (Lipinski definition) is 2. The Morgan fingerprint density at radius 1 is 1.18 bits per heavy atom. The van der Waals surface area contributed by atoms with Gasteiger partial charge < -0.3 is 0 Å². The number of hydrogen-bond acceptors (Lipinski definition) is 4. The molecule has 0 aliphatic rings. The van der Waals surface area contributed by atoms with E-state index in [-0.39, 0.29) is 4.90 Å². The maximum atomic E-state index is 11.0. The van der Waals surface area contributed by atoms with Crippen molar-refractivity contribution in [2.75, 3.05) is 0 Å². The first-order valence-corrected chi connectivity index (χ1v) is 6.27. The van der Waals surface area contributed by atoms with Gasteiger partial charge in [-0.3, -0.25) is 0 Å². The molecule has 1 heterocycles. The lowest BCUT2D eigenvalue weighted by molar-refractivity contribution is 0.598. The molecule has 3 N–H and O–H groups in total. The van der Waals surface area contributed by atoms with Gasteiger partial charge in [-0.1, -0.05) is 18.2 Å². The van der Waals surface area contributed by atoms with E-state index >= 15 is 0 Å². The summed E-state index contributed by atoms with van der Waals surface area (Å²) in [6, 6.07) is 6.24. The number of sulfonamides is 1. The summed E-state index contributed by atoms with van der Waals surface area (Å²) in [5, 5.41) is 15.0. The predicted molar refractivity (Wildman–Crippen MR) is 63.1 cm³/mol. The molecule has 7 heteroatoms. The van der Waals surface area contributed by atoms with Crippen molar-refractivity contribution in [3.8, 4) is 0 Å². The lowest BCUT2D eigenvalue weighted by Gasteiger charge is -1.98. The first-order chi connectivity index (χ1) is 8.05. The van der Waals surface area contributed by atoms with Gasteiger partial charge in [0.2, 0.25) is 10.0 Å². The van der Waals surface area contributed by atoms with Gasteiger partial charge in [0.25, 0.3) is 0 Å². The number of H-pyrrole nitrogens is 1. The van der Waals surface area contributed by atoms with Crippen molar-refractivity contribution in [2.24, 2.45) is 5.14 Å². The second kappa shape index (κ2) is 4.48. The Morgan fingerprint density at radius 2 is 1.88 bits per heavy atom. The SMILES string of the molecule is NS(=O)(=O)c1ccc(/C=C/c2cn[nH]n2)cc1. The average molecular weight is 250 g/mol. The Morgan fingerprint density at radius 3 is 2.41 bits per heavy atom. The Labute approximate surface area is 98.2 Å². The van der Waals surface area contributed by atoms with E-state index in [1.54, 1.807) is 30.5 Å². The van der Waals surface area contributed by atoms with Crippen LogP contribution in [0.2, 0.25) is 0 Å². The van der Waals surface area contributed by atoms with Gasteiger partial charge in [0.05, 0.1) is 11.1 Å². The molecular weight excluding hydrogens is 240 g/mol. The summed E-state index contributed by atoms with van der Waals surface area (Å²) in [4.78, 5) is 0.0936. The fourth-order valence-electron chi connectivity index (χ4n) is 1.24. The van der Waals surface area contributed by atoms with Crippen molar-refractivity contribution in [2.45, 2.75) is 4.90 Å². The van der Waals surface area contributed by atoms with Gasteiger partial charge in [-0.05, 0) is 23.8 Å². The van der Waals surface area contributed by atoms with Gasteiger partial charge in [-0.15, -0.1) is 0 Å². The molecule has 17 heavy (non-hydrogen) atoms. The first-order valence-electron chi connectivity index (χ1n) is 4.72. The minimum Gasteiger partial charge on any atom is -0.225 e. The Hall–Kier alpha value is -1.99. The summed E-state index contributed by atoms with van der Waals surface area (Å²) < 4.78 is 22.1. The van der Waals surface area contributed by atoms with Crippen LogP contribution in [0.15, 0.2) is 35.4 Å². The second-order valence-electron chi connectivity index (χ2n) is 3.34. The zero-order valence-corrected chi connectivity index (χ0v) is 9.55. The number of nitrogens with one attached hydrogen (secondary N) is 1. The summed E-state index contributed by atoms with van der Waals surface area (Å²) in [5.41, 5.74) is 1.54. The third kappa shape index (κ3) is 2.99. The summed E-state index contributed by atoms with van der Waals surface area (Å²) in [6.45, 7) is 0. The number of rotatable bonds is 3. The van der Waals surface area contributed by atoms with Gasteiger partial charge in [-0.2, -0.15) is 15.4 Å². The number of aromatic amines is 1. The number of aromatic nitrogens is 3. The van der Waals surface area contributed by atoms with Crippen LogP contribution in [0.25, 0.3) is 12.2 Å². The van der Waals surface area contributed by atoms with Crippen LogP contribution in [0.4, 0.5) is 0 Å². The molecule has 0 atom stereocenters. The average Bonchev–Trinajstić information content (AvgIpc) is 2.78. The van der Waals surface area contributed by atoms with Crippen molar-refractivity contribution < 1.29 is 8.42 Å². The number of benzene rings is 1. The molecule has 88 valence electrons. The van der Waals surface area contributed by atoms with Crippen molar-refractivity contribution >= 4 is 22.2 Å². The van der Waals surface area contributed by atoms with Crippen LogP contribution in [0, 0.1) is 0 Å². The lowest BCUT2D eigenvalue weighted by Crippen LogP contribution is -2.11. The monoisotopic (exact) mass is 250 g/mol. The van der Waals surface area contributed by atoms with Crippen molar-refractivity contribution in [3.05, 3.63) is 41.7 Å². The highest BCUT2D eigenvalue weighted by Crippen LogP contribution is 2.10. The molecule has 0 saturated heterocycles. The van der Waals surface area contributed by atoms with Crippen LogP contribution in [-0.4, -0.2) is 23.8 Å². The molecule has 0 aliphatic carbocycles. The largest absolute Gasteiger partial charge is 0.238 e. The molecule has 0 saturated carbocycles. The van der Waals surface area contributed by atoms with Crippen molar-refractivity contribution in [3.63, 3.8) is 0 Å². The van der Waals surface area contributed by atoms with E-state index in [1.165, 1.54) is 12.1 Å². The molecule has 0 bridgehead atoms. The van der Waals surface area contributed by atoms with Gasteiger partial charge in [-0.25, -0.2) is 13.6 Å². The maximum absolute atomic E-state index is 11.0. The predicted octanol–water partition coefficient (Wildman–Crippen LogP) is 0.622. The molecule has 1 aromatic heterocycles. The summed E-state index contributed by atoms with van der Waals surface area (Å²) in [6.07, 6.45) is 5.13. The van der Waals surface area contributed by atoms with Crippen LogP contribution in [0.1, 0.15) is 11.3 Å². The highest BCUT2D eigenvalue weighted by molar-refractivity contribution is 7.89. The zero-order chi connectivity index (χ0) is 12.3. The fraction of sp³-hybridized carbons (Fsp3) is 0. The number of nitrogens with two attached hydrogens (primary N) is 1. The number of nitrogens with zero attached hydrogens (tertiary/aromatic N) is 2. The summed E-state index contributed by atoms with van der Waals surface area (Å²) in [5.74, 6) is 0. The van der Waals surface area contributed by atoms with Crippen molar-refractivity contribution in [1.82, 2.24) is 15.4 Å². The van der Waals surface area contributed by atoms with Crippen LogP contribution < -0.4 is 5.14 Å². The first kappa shape index (κ1) is 11.5. The van der Waals surface area contributed by atoms with E-state index in [1.807, 2.05) is 0 Å². The maximum Gasteiger partial charge on any atom is 0.238 e. The minimum absolute atomic E-state index is 0.0936. The third-order valence-corrected chi connectivity index (χ3v) is 3.02. The Kier molecular flexibility index (Phi) is 3.03. The highest BCUT2D eigenvalue weighted by Gasteiger charge is 2.05. The van der Waals surface area contributed by atoms with Gasteiger partial charge in [0, 0.05) is 0 Å². The van der Waals surface area contributed by atoms with E-state index < -0.39 is 10.0 Å². The molecular formula is C10H10N4O2S. The minimum atomic E-state index is -3.63. The van der Waals surface area contributed by atoms with Crippen molar-refractivity contribution in [1.29, 1.82) is 0 Å². The Balaban J connectivity index is 2.19. The fourth-order valence-corrected chi connectivity index (χ4v) is 1.76. The molecule has 2 aromatic rings. The molecule has 0 spiro atoms. The lowest BCUT2D eigenvalue weighted by atomic mass is 10.2. The molecule has 0 radical (unpaired) electrons. The van der Waals surface area contributed by atoms with Gasteiger partial charge in [0.1, 0.15) is 5.69 Å². The molecule has 0 unspecified atom stereocenters. The zero-order valence-electron chi connectivity index (χ0n) is 8.74. The molecule has 0 amide bonds. The summed E-state index contributed by atoms with van der Waals surface area (Å²) in [7, 11) is -3.63.